The van der Waals surface area contributed by atoms with Gasteiger partial charge in [0.2, 0.25) is 0 Å². The van der Waals surface area contributed by atoms with Crippen LogP contribution in [-0.2, 0) is 9.53 Å². The Hall–Kier alpha value is -0.610. The van der Waals surface area contributed by atoms with Crippen molar-refractivity contribution in [3.05, 3.63) is 0 Å². The summed E-state index contributed by atoms with van der Waals surface area (Å²) in [5.74, 6) is -0.762. The Balaban J connectivity index is 2.11. The number of ether oxygens (including phenoxy) is 1. The van der Waals surface area contributed by atoms with E-state index in [2.05, 4.69) is 5.32 Å². The summed E-state index contributed by atoms with van der Waals surface area (Å²) in [5, 5.41) is 11.9. The van der Waals surface area contributed by atoms with E-state index < -0.39 is 12.0 Å². The molecule has 0 radical (unpaired) electrons. The van der Waals surface area contributed by atoms with Crippen LogP contribution < -0.4 is 5.32 Å². The van der Waals surface area contributed by atoms with E-state index in [9.17, 15) is 4.79 Å². The van der Waals surface area contributed by atoms with E-state index in [-0.39, 0.29) is 0 Å². The standard InChI is InChI=1S/C11H21NO3/c1-2-10(11(13)14)12-7-6-9-5-3-4-8-15-9/h9-10,12H,2-8H2,1H3,(H,13,14). The summed E-state index contributed by atoms with van der Waals surface area (Å²) in [6, 6.07) is -0.409. The fourth-order valence-corrected chi connectivity index (χ4v) is 1.86. The molecule has 0 aromatic rings. The number of aliphatic carboxylic acids is 1. The van der Waals surface area contributed by atoms with E-state index in [0.717, 1.165) is 32.4 Å². The van der Waals surface area contributed by atoms with Crippen LogP contribution in [-0.4, -0.2) is 36.4 Å². The van der Waals surface area contributed by atoms with Crippen molar-refractivity contribution < 1.29 is 14.6 Å². The summed E-state index contributed by atoms with van der Waals surface area (Å²) in [7, 11) is 0. The molecule has 0 amide bonds. The van der Waals surface area contributed by atoms with Crippen LogP contribution in [0.3, 0.4) is 0 Å². The van der Waals surface area contributed by atoms with Crippen LogP contribution >= 0.6 is 0 Å². The maximum atomic E-state index is 10.7. The zero-order chi connectivity index (χ0) is 11.1. The van der Waals surface area contributed by atoms with Gasteiger partial charge in [0.15, 0.2) is 0 Å². The van der Waals surface area contributed by atoms with Crippen LogP contribution in [0.4, 0.5) is 0 Å². The fourth-order valence-electron chi connectivity index (χ4n) is 1.86. The van der Waals surface area contributed by atoms with Gasteiger partial charge >= 0.3 is 5.97 Å². The van der Waals surface area contributed by atoms with Gasteiger partial charge in [-0.1, -0.05) is 6.92 Å². The minimum absolute atomic E-state index is 0.331. The van der Waals surface area contributed by atoms with Crippen molar-refractivity contribution in [3.8, 4) is 0 Å². The molecule has 2 N–H and O–H groups in total. The first-order chi connectivity index (χ1) is 7.24. The van der Waals surface area contributed by atoms with E-state index >= 15 is 0 Å². The maximum Gasteiger partial charge on any atom is 0.320 e. The predicted molar refractivity (Wildman–Crippen MR) is 57.9 cm³/mol. The van der Waals surface area contributed by atoms with Crippen LogP contribution in [0.25, 0.3) is 0 Å². The highest BCUT2D eigenvalue weighted by Gasteiger charge is 2.16. The maximum absolute atomic E-state index is 10.7. The van der Waals surface area contributed by atoms with Gasteiger partial charge in [-0.3, -0.25) is 4.79 Å². The van der Waals surface area contributed by atoms with Crippen LogP contribution in [0.1, 0.15) is 39.0 Å². The number of hydrogen-bond donors (Lipinski definition) is 2. The Morgan fingerprint density at radius 3 is 2.93 bits per heavy atom. The van der Waals surface area contributed by atoms with Gasteiger partial charge < -0.3 is 15.2 Å². The first-order valence-corrected chi connectivity index (χ1v) is 5.81. The molecule has 0 spiro atoms. The highest BCUT2D eigenvalue weighted by atomic mass is 16.5. The molecule has 1 saturated heterocycles. The summed E-state index contributed by atoms with van der Waals surface area (Å²) in [4.78, 5) is 10.7. The molecule has 1 rings (SSSR count). The van der Waals surface area contributed by atoms with Gasteiger partial charge in [0.05, 0.1) is 6.10 Å². The lowest BCUT2D eigenvalue weighted by molar-refractivity contribution is -0.139. The van der Waals surface area contributed by atoms with Crippen LogP contribution in [0.5, 0.6) is 0 Å². The molecule has 2 atom stereocenters. The van der Waals surface area contributed by atoms with Crippen molar-refractivity contribution in [1.82, 2.24) is 5.32 Å². The monoisotopic (exact) mass is 215 g/mol. The molecule has 0 bridgehead atoms. The Labute approximate surface area is 91.0 Å². The van der Waals surface area contributed by atoms with Crippen molar-refractivity contribution in [2.75, 3.05) is 13.2 Å². The SMILES string of the molecule is CCC(NCCC1CCCCO1)C(=O)O. The average Bonchev–Trinajstić information content (AvgIpc) is 2.25. The Kier molecular flexibility index (Phi) is 5.65. The van der Waals surface area contributed by atoms with Crippen LogP contribution in [0.2, 0.25) is 0 Å². The van der Waals surface area contributed by atoms with Crippen molar-refractivity contribution >= 4 is 5.97 Å². The number of hydrogen-bond acceptors (Lipinski definition) is 3. The zero-order valence-electron chi connectivity index (χ0n) is 9.37. The third-order valence-electron chi connectivity index (χ3n) is 2.84. The number of nitrogens with one attached hydrogen (secondary N) is 1. The highest BCUT2D eigenvalue weighted by molar-refractivity contribution is 5.73. The lowest BCUT2D eigenvalue weighted by Gasteiger charge is -2.23. The average molecular weight is 215 g/mol. The predicted octanol–water partition coefficient (Wildman–Crippen LogP) is 1.40. The Morgan fingerprint density at radius 2 is 2.40 bits per heavy atom. The minimum atomic E-state index is -0.762. The zero-order valence-corrected chi connectivity index (χ0v) is 9.37. The summed E-state index contributed by atoms with van der Waals surface area (Å²) in [6.45, 7) is 3.47. The summed E-state index contributed by atoms with van der Waals surface area (Å²) < 4.78 is 5.57. The quantitative estimate of drug-likeness (QED) is 0.703. The molecule has 4 nitrogen and oxygen atoms in total. The summed E-state index contributed by atoms with van der Waals surface area (Å²) in [5.41, 5.74) is 0. The van der Waals surface area contributed by atoms with Crippen molar-refractivity contribution in [3.63, 3.8) is 0 Å². The largest absolute Gasteiger partial charge is 0.480 e. The van der Waals surface area contributed by atoms with Gasteiger partial charge in [-0.2, -0.15) is 0 Å². The molecule has 2 unspecified atom stereocenters. The van der Waals surface area contributed by atoms with Gasteiger partial charge in [-0.05, 0) is 38.6 Å². The number of rotatable bonds is 6. The first-order valence-electron chi connectivity index (χ1n) is 5.81. The Bertz CT molecular complexity index is 190. The first kappa shape index (κ1) is 12.5. The number of carboxylic acids is 1. The molecule has 1 fully saturated rings. The van der Waals surface area contributed by atoms with Crippen LogP contribution in [0.15, 0.2) is 0 Å². The summed E-state index contributed by atoms with van der Waals surface area (Å²) in [6.07, 6.45) is 5.39. The second kappa shape index (κ2) is 6.80. The number of carboxylic acid groups (broad SMARTS) is 1. The second-order valence-corrected chi connectivity index (χ2v) is 4.03. The highest BCUT2D eigenvalue weighted by Crippen LogP contribution is 2.14. The third-order valence-corrected chi connectivity index (χ3v) is 2.84. The molecule has 0 aliphatic carbocycles. The lowest BCUT2D eigenvalue weighted by atomic mass is 10.1. The molecule has 1 heterocycles. The van der Waals surface area contributed by atoms with Gasteiger partial charge in [0, 0.05) is 6.61 Å². The van der Waals surface area contributed by atoms with E-state index in [0.29, 0.717) is 12.5 Å². The molecule has 15 heavy (non-hydrogen) atoms. The van der Waals surface area contributed by atoms with Crippen molar-refractivity contribution in [2.24, 2.45) is 0 Å². The molecular formula is C11H21NO3. The third kappa shape index (κ3) is 4.62. The smallest absolute Gasteiger partial charge is 0.320 e. The lowest BCUT2D eigenvalue weighted by Crippen LogP contribution is -2.38. The molecule has 0 aromatic carbocycles. The summed E-state index contributed by atoms with van der Waals surface area (Å²) >= 11 is 0. The molecular weight excluding hydrogens is 194 g/mol. The minimum Gasteiger partial charge on any atom is -0.480 e. The normalized spacial score (nSPS) is 23.7. The van der Waals surface area contributed by atoms with E-state index in [1.165, 1.54) is 6.42 Å². The van der Waals surface area contributed by atoms with E-state index in [1.807, 2.05) is 6.92 Å². The molecule has 1 aliphatic rings. The fraction of sp³-hybridized carbons (Fsp3) is 0.909. The van der Waals surface area contributed by atoms with Gasteiger partial charge in [0.1, 0.15) is 6.04 Å². The number of carbonyl (C=O) groups is 1. The van der Waals surface area contributed by atoms with Gasteiger partial charge in [0.25, 0.3) is 0 Å². The Morgan fingerprint density at radius 1 is 1.60 bits per heavy atom. The molecule has 4 heteroatoms. The second-order valence-electron chi connectivity index (χ2n) is 4.03. The van der Waals surface area contributed by atoms with E-state index in [4.69, 9.17) is 9.84 Å². The van der Waals surface area contributed by atoms with Gasteiger partial charge in [-0.25, -0.2) is 0 Å². The molecule has 88 valence electrons. The van der Waals surface area contributed by atoms with E-state index in [1.54, 1.807) is 0 Å². The van der Waals surface area contributed by atoms with Crippen molar-refractivity contribution in [1.29, 1.82) is 0 Å². The van der Waals surface area contributed by atoms with Crippen LogP contribution in [0, 0.1) is 0 Å². The molecule has 1 aliphatic heterocycles. The van der Waals surface area contributed by atoms with Gasteiger partial charge in [-0.15, -0.1) is 0 Å². The molecule has 0 aromatic heterocycles. The topological polar surface area (TPSA) is 58.6 Å². The molecule has 0 saturated carbocycles. The van der Waals surface area contributed by atoms with Crippen molar-refractivity contribution in [2.45, 2.75) is 51.2 Å².